The first-order valence-corrected chi connectivity index (χ1v) is 6.08. The number of hydrogen-bond donors (Lipinski definition) is 1. The molecule has 1 fully saturated rings. The summed E-state index contributed by atoms with van der Waals surface area (Å²) in [5.41, 5.74) is 2.89. The molecule has 0 heterocycles. The molecule has 0 aromatic heterocycles. The largest absolute Gasteiger partial charge is 0.314 e. The Balaban J connectivity index is 1.80. The van der Waals surface area contributed by atoms with E-state index in [4.69, 9.17) is 0 Å². The van der Waals surface area contributed by atoms with Gasteiger partial charge in [0.25, 0.3) is 0 Å². The van der Waals surface area contributed by atoms with Crippen molar-refractivity contribution >= 4 is 0 Å². The molecule has 1 aliphatic carbocycles. The van der Waals surface area contributed by atoms with Crippen LogP contribution >= 0.6 is 0 Å². The zero-order valence-corrected chi connectivity index (χ0v) is 9.79. The van der Waals surface area contributed by atoms with Crippen molar-refractivity contribution < 1.29 is 0 Å². The first kappa shape index (κ1) is 10.7. The molecule has 0 saturated heterocycles. The summed E-state index contributed by atoms with van der Waals surface area (Å²) >= 11 is 0. The van der Waals surface area contributed by atoms with E-state index >= 15 is 0 Å². The van der Waals surface area contributed by atoms with Gasteiger partial charge in [-0.15, -0.1) is 0 Å². The van der Waals surface area contributed by atoms with Crippen LogP contribution in [0.15, 0.2) is 24.3 Å². The molecular formula is C14H21N. The topological polar surface area (TPSA) is 12.0 Å². The highest BCUT2D eigenvalue weighted by molar-refractivity contribution is 5.24. The number of rotatable bonds is 5. The number of nitrogens with one attached hydrogen (secondary N) is 1. The van der Waals surface area contributed by atoms with Crippen molar-refractivity contribution in [2.75, 3.05) is 6.54 Å². The molecule has 1 aromatic rings. The van der Waals surface area contributed by atoms with Crippen LogP contribution in [0.5, 0.6) is 0 Å². The van der Waals surface area contributed by atoms with Crippen molar-refractivity contribution in [3.8, 4) is 0 Å². The third-order valence-electron chi connectivity index (χ3n) is 3.07. The summed E-state index contributed by atoms with van der Waals surface area (Å²) in [5, 5.41) is 3.54. The quantitative estimate of drug-likeness (QED) is 0.775. The summed E-state index contributed by atoms with van der Waals surface area (Å²) in [6, 6.07) is 9.89. The van der Waals surface area contributed by atoms with Crippen LogP contribution in [0.4, 0.5) is 0 Å². The van der Waals surface area contributed by atoms with Crippen LogP contribution in [0.3, 0.4) is 0 Å². The molecule has 0 radical (unpaired) electrons. The Kier molecular flexibility index (Phi) is 3.42. The molecule has 0 bridgehead atoms. The first-order chi connectivity index (χ1) is 7.25. The minimum atomic E-state index is 0.642. The van der Waals surface area contributed by atoms with Gasteiger partial charge in [-0.3, -0.25) is 0 Å². The van der Waals surface area contributed by atoms with Crippen molar-refractivity contribution in [2.45, 2.75) is 45.1 Å². The number of benzene rings is 1. The van der Waals surface area contributed by atoms with Crippen LogP contribution in [0.1, 0.15) is 43.7 Å². The molecule has 1 nitrogen and oxygen atoms in total. The maximum atomic E-state index is 3.54. The minimum absolute atomic E-state index is 0.642. The average molecular weight is 203 g/mol. The second kappa shape index (κ2) is 4.80. The first-order valence-electron chi connectivity index (χ1n) is 6.08. The third-order valence-corrected chi connectivity index (χ3v) is 3.07. The monoisotopic (exact) mass is 203 g/mol. The van der Waals surface area contributed by atoms with Crippen LogP contribution in [0.25, 0.3) is 0 Å². The second-order valence-corrected chi connectivity index (χ2v) is 4.87. The summed E-state index contributed by atoms with van der Waals surface area (Å²) in [7, 11) is 0. The highest BCUT2D eigenvalue weighted by Gasteiger charge is 2.19. The zero-order valence-electron chi connectivity index (χ0n) is 9.79. The van der Waals surface area contributed by atoms with E-state index in [0.717, 1.165) is 19.0 Å². The SMILES string of the molecule is CC(C)c1ccc(CCNC2CC2)cc1. The Morgan fingerprint density at radius 1 is 1.20 bits per heavy atom. The van der Waals surface area contributed by atoms with E-state index in [1.165, 1.54) is 24.0 Å². The summed E-state index contributed by atoms with van der Waals surface area (Å²) in [5.74, 6) is 0.642. The molecule has 1 heteroatoms. The molecule has 1 saturated carbocycles. The van der Waals surface area contributed by atoms with Gasteiger partial charge in [-0.25, -0.2) is 0 Å². The van der Waals surface area contributed by atoms with Crippen molar-refractivity contribution in [3.63, 3.8) is 0 Å². The molecule has 82 valence electrons. The van der Waals surface area contributed by atoms with Gasteiger partial charge < -0.3 is 5.32 Å². The van der Waals surface area contributed by atoms with Crippen LogP contribution in [-0.4, -0.2) is 12.6 Å². The van der Waals surface area contributed by atoms with Crippen LogP contribution in [0, 0.1) is 0 Å². The van der Waals surface area contributed by atoms with Crippen molar-refractivity contribution in [1.29, 1.82) is 0 Å². The summed E-state index contributed by atoms with van der Waals surface area (Å²) in [6.45, 7) is 5.61. The van der Waals surface area contributed by atoms with E-state index in [2.05, 4.69) is 43.4 Å². The van der Waals surface area contributed by atoms with Gasteiger partial charge in [-0.05, 0) is 42.9 Å². The lowest BCUT2D eigenvalue weighted by atomic mass is 10.0. The van der Waals surface area contributed by atoms with Crippen LogP contribution in [-0.2, 0) is 6.42 Å². The summed E-state index contributed by atoms with van der Waals surface area (Å²) in [6.07, 6.45) is 3.92. The van der Waals surface area contributed by atoms with E-state index in [9.17, 15) is 0 Å². The Morgan fingerprint density at radius 2 is 1.87 bits per heavy atom. The second-order valence-electron chi connectivity index (χ2n) is 4.87. The predicted octanol–water partition coefficient (Wildman–Crippen LogP) is 3.10. The van der Waals surface area contributed by atoms with Gasteiger partial charge in [0.2, 0.25) is 0 Å². The Morgan fingerprint density at radius 3 is 2.40 bits per heavy atom. The predicted molar refractivity (Wildman–Crippen MR) is 65.3 cm³/mol. The Hall–Kier alpha value is -0.820. The lowest BCUT2D eigenvalue weighted by Gasteiger charge is -2.07. The highest BCUT2D eigenvalue weighted by atomic mass is 14.9. The van der Waals surface area contributed by atoms with Crippen molar-refractivity contribution in [3.05, 3.63) is 35.4 Å². The summed E-state index contributed by atoms with van der Waals surface area (Å²) < 4.78 is 0. The van der Waals surface area contributed by atoms with E-state index in [-0.39, 0.29) is 0 Å². The van der Waals surface area contributed by atoms with Gasteiger partial charge in [0.05, 0.1) is 0 Å². The molecule has 1 aliphatic rings. The fourth-order valence-electron chi connectivity index (χ4n) is 1.78. The molecule has 2 rings (SSSR count). The zero-order chi connectivity index (χ0) is 10.7. The van der Waals surface area contributed by atoms with Gasteiger partial charge in [0.15, 0.2) is 0 Å². The highest BCUT2D eigenvalue weighted by Crippen LogP contribution is 2.18. The summed E-state index contributed by atoms with van der Waals surface area (Å²) in [4.78, 5) is 0. The molecule has 0 amide bonds. The van der Waals surface area contributed by atoms with Crippen molar-refractivity contribution in [2.24, 2.45) is 0 Å². The maximum absolute atomic E-state index is 3.54. The van der Waals surface area contributed by atoms with Crippen LogP contribution < -0.4 is 5.32 Å². The van der Waals surface area contributed by atoms with E-state index in [1.807, 2.05) is 0 Å². The lowest BCUT2D eigenvalue weighted by molar-refractivity contribution is 0.682. The fourth-order valence-corrected chi connectivity index (χ4v) is 1.78. The van der Waals surface area contributed by atoms with Gasteiger partial charge in [0, 0.05) is 6.04 Å². The van der Waals surface area contributed by atoms with Crippen LogP contribution in [0.2, 0.25) is 0 Å². The minimum Gasteiger partial charge on any atom is -0.314 e. The molecule has 15 heavy (non-hydrogen) atoms. The lowest BCUT2D eigenvalue weighted by Crippen LogP contribution is -2.19. The van der Waals surface area contributed by atoms with Gasteiger partial charge in [0.1, 0.15) is 0 Å². The third kappa shape index (κ3) is 3.35. The van der Waals surface area contributed by atoms with Gasteiger partial charge in [-0.2, -0.15) is 0 Å². The molecule has 0 spiro atoms. The van der Waals surface area contributed by atoms with E-state index in [0.29, 0.717) is 5.92 Å². The van der Waals surface area contributed by atoms with E-state index < -0.39 is 0 Å². The maximum Gasteiger partial charge on any atom is 0.00683 e. The fraction of sp³-hybridized carbons (Fsp3) is 0.571. The molecular weight excluding hydrogens is 182 g/mol. The normalized spacial score (nSPS) is 15.9. The molecule has 0 unspecified atom stereocenters. The molecule has 0 atom stereocenters. The Labute approximate surface area is 92.9 Å². The van der Waals surface area contributed by atoms with Gasteiger partial charge >= 0.3 is 0 Å². The average Bonchev–Trinajstić information content (AvgIpc) is 3.02. The molecule has 1 aromatic carbocycles. The number of hydrogen-bond acceptors (Lipinski definition) is 1. The van der Waals surface area contributed by atoms with Gasteiger partial charge in [-0.1, -0.05) is 38.1 Å². The molecule has 1 N–H and O–H groups in total. The standard InChI is InChI=1S/C14H21N/c1-11(2)13-5-3-12(4-6-13)9-10-15-14-7-8-14/h3-6,11,14-15H,7-10H2,1-2H3. The smallest absolute Gasteiger partial charge is 0.00683 e. The Bertz CT molecular complexity index is 296. The molecule has 0 aliphatic heterocycles. The van der Waals surface area contributed by atoms with E-state index in [1.54, 1.807) is 0 Å². The van der Waals surface area contributed by atoms with Crippen molar-refractivity contribution in [1.82, 2.24) is 5.32 Å².